The number of carbonyl (C=O) groups is 1. The monoisotopic (exact) mass is 176 g/mol. The van der Waals surface area contributed by atoms with Crippen LogP contribution in [-0.2, 0) is 0 Å². The first-order valence-electron chi connectivity index (χ1n) is 3.62. The maximum Gasteiger partial charge on any atom is 0.411 e. The first-order valence-corrected chi connectivity index (χ1v) is 3.62. The van der Waals surface area contributed by atoms with Crippen molar-refractivity contribution in [3.63, 3.8) is 0 Å². The molecule has 0 saturated heterocycles. The van der Waals surface area contributed by atoms with Crippen molar-refractivity contribution in [2.45, 2.75) is 0 Å². The van der Waals surface area contributed by atoms with Gasteiger partial charge in [0.2, 0.25) is 0 Å². The van der Waals surface area contributed by atoms with Gasteiger partial charge in [-0.1, -0.05) is 6.07 Å². The van der Waals surface area contributed by atoms with E-state index in [0.29, 0.717) is 11.3 Å². The van der Waals surface area contributed by atoms with E-state index >= 15 is 0 Å². The topological polar surface area (TPSA) is 64.3 Å². The Hall–Kier alpha value is -2.02. The molecule has 66 valence electrons. The van der Waals surface area contributed by atoms with Crippen LogP contribution in [0.2, 0.25) is 0 Å². The normalized spacial score (nSPS) is 8.92. The molecule has 0 unspecified atom stereocenters. The molecule has 13 heavy (non-hydrogen) atoms. The fraction of sp³-hybridized carbons (Fsp3) is 0.111. The van der Waals surface area contributed by atoms with Gasteiger partial charge in [0.1, 0.15) is 0 Å². The van der Waals surface area contributed by atoms with Crippen LogP contribution in [0.3, 0.4) is 0 Å². The van der Waals surface area contributed by atoms with Gasteiger partial charge in [0, 0.05) is 12.7 Å². The molecule has 0 aromatic heterocycles. The third-order valence-electron chi connectivity index (χ3n) is 1.65. The van der Waals surface area contributed by atoms with Gasteiger partial charge >= 0.3 is 6.09 Å². The zero-order valence-electron chi connectivity index (χ0n) is 7.06. The van der Waals surface area contributed by atoms with Gasteiger partial charge in [0.15, 0.2) is 0 Å². The van der Waals surface area contributed by atoms with Crippen molar-refractivity contribution in [2.24, 2.45) is 0 Å². The van der Waals surface area contributed by atoms with Gasteiger partial charge in [-0.3, -0.25) is 4.90 Å². The molecule has 0 bridgehead atoms. The smallest absolute Gasteiger partial charge is 0.411 e. The van der Waals surface area contributed by atoms with Gasteiger partial charge in [0.25, 0.3) is 0 Å². The second-order valence-corrected chi connectivity index (χ2v) is 2.50. The number of amides is 1. The minimum atomic E-state index is -1.05. The maximum absolute atomic E-state index is 10.5. The Morgan fingerprint density at radius 2 is 2.31 bits per heavy atom. The molecule has 4 heteroatoms. The van der Waals surface area contributed by atoms with E-state index in [9.17, 15) is 4.79 Å². The number of carboxylic acid groups (broad SMARTS) is 1. The number of nitrogens with zero attached hydrogens (tertiary/aromatic N) is 2. The third-order valence-corrected chi connectivity index (χ3v) is 1.65. The molecule has 1 amide bonds. The highest BCUT2D eigenvalue weighted by molar-refractivity contribution is 5.85. The summed E-state index contributed by atoms with van der Waals surface area (Å²) in [6, 6.07) is 8.37. The van der Waals surface area contributed by atoms with Crippen molar-refractivity contribution in [1.29, 1.82) is 5.26 Å². The van der Waals surface area contributed by atoms with Crippen LogP contribution < -0.4 is 4.90 Å². The molecule has 0 aliphatic heterocycles. The summed E-state index contributed by atoms with van der Waals surface area (Å²) in [7, 11) is 1.43. The van der Waals surface area contributed by atoms with Crippen molar-refractivity contribution in [2.75, 3.05) is 11.9 Å². The molecule has 1 N–H and O–H groups in total. The molecule has 0 spiro atoms. The molecule has 0 atom stereocenters. The lowest BCUT2D eigenvalue weighted by Crippen LogP contribution is -2.23. The summed E-state index contributed by atoms with van der Waals surface area (Å²) >= 11 is 0. The minimum absolute atomic E-state index is 0.450. The summed E-state index contributed by atoms with van der Waals surface area (Å²) < 4.78 is 0. The SMILES string of the molecule is CN(C(=O)O)c1cccc(C#N)c1. The summed E-state index contributed by atoms with van der Waals surface area (Å²) in [6.45, 7) is 0. The average molecular weight is 176 g/mol. The van der Waals surface area contributed by atoms with Crippen LogP contribution in [0, 0.1) is 11.3 Å². The Labute approximate surface area is 75.6 Å². The fourth-order valence-electron chi connectivity index (χ4n) is 0.895. The molecule has 0 fully saturated rings. The Morgan fingerprint density at radius 1 is 1.62 bits per heavy atom. The zero-order chi connectivity index (χ0) is 9.84. The van der Waals surface area contributed by atoms with Crippen molar-refractivity contribution >= 4 is 11.8 Å². The summed E-state index contributed by atoms with van der Waals surface area (Å²) in [6.07, 6.45) is -1.05. The molecule has 4 nitrogen and oxygen atoms in total. The number of rotatable bonds is 1. The molecular weight excluding hydrogens is 168 g/mol. The molecule has 1 rings (SSSR count). The minimum Gasteiger partial charge on any atom is -0.465 e. The largest absolute Gasteiger partial charge is 0.465 e. The standard InChI is InChI=1S/C9H8N2O2/c1-11(9(12)13)8-4-2-3-7(5-8)6-10/h2-5H,1H3,(H,12,13). The van der Waals surface area contributed by atoms with E-state index in [4.69, 9.17) is 10.4 Å². The Kier molecular flexibility index (Phi) is 2.50. The average Bonchev–Trinajstić information content (AvgIpc) is 2.16. The van der Waals surface area contributed by atoms with Crippen molar-refractivity contribution in [1.82, 2.24) is 0 Å². The van der Waals surface area contributed by atoms with Crippen LogP contribution in [0.25, 0.3) is 0 Å². The second-order valence-electron chi connectivity index (χ2n) is 2.50. The quantitative estimate of drug-likeness (QED) is 0.707. The van der Waals surface area contributed by atoms with Crippen molar-refractivity contribution in [3.8, 4) is 6.07 Å². The summed E-state index contributed by atoms with van der Waals surface area (Å²) in [5.41, 5.74) is 0.942. The summed E-state index contributed by atoms with van der Waals surface area (Å²) in [5, 5.41) is 17.2. The van der Waals surface area contributed by atoms with Gasteiger partial charge < -0.3 is 5.11 Å². The predicted octanol–water partition coefficient (Wildman–Crippen LogP) is 1.67. The van der Waals surface area contributed by atoms with Gasteiger partial charge in [-0.25, -0.2) is 4.79 Å². The number of nitriles is 1. The van der Waals surface area contributed by atoms with Gasteiger partial charge in [0.05, 0.1) is 11.6 Å². The van der Waals surface area contributed by atoms with Gasteiger partial charge in [-0.2, -0.15) is 5.26 Å². The van der Waals surface area contributed by atoms with Crippen LogP contribution in [0.4, 0.5) is 10.5 Å². The van der Waals surface area contributed by atoms with E-state index in [1.807, 2.05) is 6.07 Å². The van der Waals surface area contributed by atoms with E-state index < -0.39 is 6.09 Å². The van der Waals surface area contributed by atoms with E-state index in [1.54, 1.807) is 18.2 Å². The van der Waals surface area contributed by atoms with E-state index in [-0.39, 0.29) is 0 Å². The lowest BCUT2D eigenvalue weighted by molar-refractivity contribution is 0.203. The third kappa shape index (κ3) is 1.97. The van der Waals surface area contributed by atoms with Gasteiger partial charge in [-0.15, -0.1) is 0 Å². The number of anilines is 1. The molecule has 1 aromatic carbocycles. The molecule has 0 aliphatic rings. The highest BCUT2D eigenvalue weighted by Crippen LogP contribution is 2.13. The molecular formula is C9H8N2O2. The molecule has 0 aliphatic carbocycles. The predicted molar refractivity (Wildman–Crippen MR) is 47.6 cm³/mol. The van der Waals surface area contributed by atoms with E-state index in [2.05, 4.69) is 0 Å². The lowest BCUT2D eigenvalue weighted by Gasteiger charge is -2.12. The van der Waals surface area contributed by atoms with Crippen LogP contribution >= 0.6 is 0 Å². The van der Waals surface area contributed by atoms with Crippen molar-refractivity contribution in [3.05, 3.63) is 29.8 Å². The van der Waals surface area contributed by atoms with Crippen LogP contribution in [-0.4, -0.2) is 18.2 Å². The maximum atomic E-state index is 10.5. The summed E-state index contributed by atoms with van der Waals surface area (Å²) in [5.74, 6) is 0. The summed E-state index contributed by atoms with van der Waals surface area (Å²) in [4.78, 5) is 11.6. The van der Waals surface area contributed by atoms with E-state index in [1.165, 1.54) is 13.1 Å². The van der Waals surface area contributed by atoms with Gasteiger partial charge in [-0.05, 0) is 18.2 Å². The Bertz CT molecular complexity index is 368. The van der Waals surface area contributed by atoms with Crippen LogP contribution in [0.1, 0.15) is 5.56 Å². The molecule has 0 heterocycles. The number of hydrogen-bond donors (Lipinski definition) is 1. The Morgan fingerprint density at radius 3 is 2.85 bits per heavy atom. The first-order chi connectivity index (χ1) is 6.15. The zero-order valence-corrected chi connectivity index (χ0v) is 7.06. The second kappa shape index (κ2) is 3.59. The molecule has 1 aromatic rings. The van der Waals surface area contributed by atoms with E-state index in [0.717, 1.165) is 4.90 Å². The Balaban J connectivity index is 3.03. The highest BCUT2D eigenvalue weighted by Gasteiger charge is 2.07. The van der Waals surface area contributed by atoms with Crippen LogP contribution in [0.15, 0.2) is 24.3 Å². The lowest BCUT2D eigenvalue weighted by atomic mass is 10.2. The number of benzene rings is 1. The fourth-order valence-corrected chi connectivity index (χ4v) is 0.895. The van der Waals surface area contributed by atoms with Crippen LogP contribution in [0.5, 0.6) is 0 Å². The highest BCUT2D eigenvalue weighted by atomic mass is 16.4. The van der Waals surface area contributed by atoms with Crippen molar-refractivity contribution < 1.29 is 9.90 Å². The molecule has 0 saturated carbocycles. The first kappa shape index (κ1) is 9.07. The number of hydrogen-bond acceptors (Lipinski definition) is 2. The molecule has 0 radical (unpaired) electrons.